The Morgan fingerprint density at radius 1 is 0.488 bits per heavy atom. The summed E-state index contributed by atoms with van der Waals surface area (Å²) < 4.78 is 0. The fraction of sp³-hybridized carbons (Fsp3) is 0.659. The smallest absolute Gasteiger partial charge is 0.123 e. The van der Waals surface area contributed by atoms with Crippen LogP contribution in [0.1, 0.15) is 160 Å². The molecule has 1 aliphatic heterocycles. The molecule has 0 amide bonds. The topological polar surface area (TPSA) is 6.48 Å². The van der Waals surface area contributed by atoms with Crippen molar-refractivity contribution >= 4 is 0 Å². The molecule has 0 spiro atoms. The Hall–Kier alpha value is -2.22. The lowest BCUT2D eigenvalue weighted by molar-refractivity contribution is -0.00378. The lowest BCUT2D eigenvalue weighted by atomic mass is 9.78. The third-order valence-corrected chi connectivity index (χ3v) is 9.90. The van der Waals surface area contributed by atoms with Gasteiger partial charge in [0.25, 0.3) is 0 Å². The van der Waals surface area contributed by atoms with Crippen LogP contribution in [0.5, 0.6) is 0 Å². The van der Waals surface area contributed by atoms with Gasteiger partial charge >= 0.3 is 0 Å². The molecule has 3 rings (SSSR count). The monoisotopic (exact) mass is 587 g/mol. The quantitative estimate of drug-likeness (QED) is 0.107. The minimum atomic E-state index is -0.0578. The maximum absolute atomic E-state index is 2.77. The molecule has 1 unspecified atom stereocenters. The van der Waals surface area contributed by atoms with Crippen LogP contribution in [0.4, 0.5) is 0 Å². The van der Waals surface area contributed by atoms with Crippen LogP contribution in [0.2, 0.25) is 0 Å². The van der Waals surface area contributed by atoms with Crippen molar-refractivity contribution < 1.29 is 0 Å². The number of nitrogens with zero attached hydrogens (tertiary/aromatic N) is 2. The predicted molar refractivity (Wildman–Crippen MR) is 189 cm³/mol. The third kappa shape index (κ3) is 11.7. The normalized spacial score (nSPS) is 15.0. The van der Waals surface area contributed by atoms with Gasteiger partial charge in [-0.1, -0.05) is 184 Å². The van der Waals surface area contributed by atoms with Crippen LogP contribution in [-0.2, 0) is 6.42 Å². The zero-order valence-electron chi connectivity index (χ0n) is 28.5. The Bertz CT molecular complexity index is 920. The first-order valence-electron chi connectivity index (χ1n) is 18.6. The molecule has 43 heavy (non-hydrogen) atoms. The summed E-state index contributed by atoms with van der Waals surface area (Å²) >= 11 is 0. The van der Waals surface area contributed by atoms with Crippen LogP contribution in [0.15, 0.2) is 73.1 Å². The molecule has 0 aliphatic carbocycles. The molecular formula is C41H66N2. The van der Waals surface area contributed by atoms with Crippen molar-refractivity contribution in [3.05, 3.63) is 84.2 Å². The minimum absolute atomic E-state index is 0.0578. The Balaban J connectivity index is 1.71. The number of hydrogen-bond acceptors (Lipinski definition) is 2. The Labute approximate surface area is 267 Å². The van der Waals surface area contributed by atoms with Gasteiger partial charge in [-0.2, -0.15) is 0 Å². The fourth-order valence-corrected chi connectivity index (χ4v) is 7.44. The summed E-state index contributed by atoms with van der Waals surface area (Å²) in [6.07, 6.45) is 32.0. The molecule has 2 heteroatoms. The number of unbranched alkanes of at least 4 members (excludes halogenated alkanes) is 16. The van der Waals surface area contributed by atoms with Gasteiger partial charge in [0.2, 0.25) is 0 Å². The maximum atomic E-state index is 2.77. The van der Waals surface area contributed by atoms with Crippen molar-refractivity contribution in [1.82, 2.24) is 9.80 Å². The second kappa shape index (κ2) is 21.5. The molecule has 0 saturated carbocycles. The molecule has 1 atom stereocenters. The highest BCUT2D eigenvalue weighted by molar-refractivity contribution is 5.30. The number of benzene rings is 2. The molecule has 2 aromatic carbocycles. The highest BCUT2D eigenvalue weighted by Crippen LogP contribution is 2.45. The molecule has 0 N–H and O–H groups in total. The first-order valence-corrected chi connectivity index (χ1v) is 18.6. The summed E-state index contributed by atoms with van der Waals surface area (Å²) in [7, 11) is 0. The van der Waals surface area contributed by atoms with E-state index in [2.05, 4.69) is 104 Å². The van der Waals surface area contributed by atoms with Crippen molar-refractivity contribution in [1.29, 1.82) is 0 Å². The molecule has 2 nitrogen and oxygen atoms in total. The summed E-state index contributed by atoms with van der Waals surface area (Å²) in [6.45, 7) is 9.33. The van der Waals surface area contributed by atoms with E-state index < -0.39 is 0 Å². The van der Waals surface area contributed by atoms with E-state index >= 15 is 0 Å². The zero-order valence-corrected chi connectivity index (χ0v) is 28.5. The summed E-state index contributed by atoms with van der Waals surface area (Å²) in [5, 5.41) is 0. The van der Waals surface area contributed by atoms with Gasteiger partial charge in [0.05, 0.1) is 0 Å². The van der Waals surface area contributed by atoms with Gasteiger partial charge in [-0.05, 0) is 30.4 Å². The summed E-state index contributed by atoms with van der Waals surface area (Å²) in [4.78, 5) is 5.55. The molecular weight excluding hydrogens is 520 g/mol. The van der Waals surface area contributed by atoms with Crippen LogP contribution in [-0.4, -0.2) is 28.6 Å². The largest absolute Gasteiger partial charge is 0.353 e. The predicted octanol–water partition coefficient (Wildman–Crippen LogP) is 12.3. The van der Waals surface area contributed by atoms with Crippen molar-refractivity contribution in [3.8, 4) is 0 Å². The second-order valence-electron chi connectivity index (χ2n) is 13.3. The first kappa shape index (κ1) is 35.3. The van der Waals surface area contributed by atoms with E-state index in [0.29, 0.717) is 5.92 Å². The number of hydrogen-bond donors (Lipinski definition) is 0. The summed E-state index contributed by atoms with van der Waals surface area (Å²) in [5.41, 5.74) is 2.88. The highest BCUT2D eigenvalue weighted by Gasteiger charge is 2.49. The molecule has 1 aliphatic rings. The van der Waals surface area contributed by atoms with Gasteiger partial charge < -0.3 is 9.80 Å². The third-order valence-electron chi connectivity index (χ3n) is 9.90. The fourth-order valence-electron chi connectivity index (χ4n) is 7.44. The second-order valence-corrected chi connectivity index (χ2v) is 13.3. The van der Waals surface area contributed by atoms with Crippen molar-refractivity contribution in [2.45, 2.75) is 161 Å². The van der Waals surface area contributed by atoms with Crippen molar-refractivity contribution in [2.24, 2.45) is 0 Å². The van der Waals surface area contributed by atoms with E-state index in [0.717, 1.165) is 25.9 Å². The average Bonchev–Trinajstić information content (AvgIpc) is 3.37. The van der Waals surface area contributed by atoms with Crippen LogP contribution in [0, 0.1) is 0 Å². The maximum Gasteiger partial charge on any atom is 0.123 e. The van der Waals surface area contributed by atoms with Crippen LogP contribution < -0.4 is 0 Å². The van der Waals surface area contributed by atoms with E-state index in [-0.39, 0.29) is 5.66 Å². The van der Waals surface area contributed by atoms with Crippen molar-refractivity contribution in [3.63, 3.8) is 0 Å². The molecule has 0 aromatic heterocycles. The van der Waals surface area contributed by atoms with Gasteiger partial charge in [-0.15, -0.1) is 0 Å². The highest BCUT2D eigenvalue weighted by atomic mass is 15.4. The van der Waals surface area contributed by atoms with Crippen LogP contribution in [0.25, 0.3) is 0 Å². The van der Waals surface area contributed by atoms with Crippen LogP contribution in [0.3, 0.4) is 0 Å². The Morgan fingerprint density at radius 2 is 0.884 bits per heavy atom. The molecule has 0 saturated heterocycles. The first-order chi connectivity index (χ1) is 21.3. The van der Waals surface area contributed by atoms with Gasteiger partial charge in [0.1, 0.15) is 5.66 Å². The van der Waals surface area contributed by atoms with Gasteiger partial charge in [-0.25, -0.2) is 0 Å². The van der Waals surface area contributed by atoms with Gasteiger partial charge in [-0.3, -0.25) is 0 Å². The molecule has 0 bridgehead atoms. The van der Waals surface area contributed by atoms with Gasteiger partial charge in [0.15, 0.2) is 0 Å². The summed E-state index contributed by atoms with van der Waals surface area (Å²) in [5.74, 6) is 0.445. The minimum Gasteiger partial charge on any atom is -0.353 e. The SMILES string of the molecule is CCCCCCCCCCCN1C=CN(CCCCCCCCCCC)C1(Cc1ccccc1)C(CC)c1ccccc1. The van der Waals surface area contributed by atoms with Crippen molar-refractivity contribution in [2.75, 3.05) is 13.1 Å². The molecule has 0 radical (unpaired) electrons. The van der Waals surface area contributed by atoms with E-state index in [9.17, 15) is 0 Å². The number of rotatable bonds is 25. The molecule has 240 valence electrons. The average molecular weight is 587 g/mol. The molecule has 1 heterocycles. The molecule has 2 aromatic rings. The lowest BCUT2D eigenvalue weighted by Crippen LogP contribution is -2.59. The Morgan fingerprint density at radius 3 is 1.30 bits per heavy atom. The summed E-state index contributed by atoms with van der Waals surface area (Å²) in [6, 6.07) is 22.7. The van der Waals surface area contributed by atoms with E-state index in [1.54, 1.807) is 0 Å². The van der Waals surface area contributed by atoms with Gasteiger partial charge in [0, 0.05) is 37.8 Å². The standard InChI is InChI=1S/C41H66N2/c1-4-7-9-11-13-15-17-19-27-33-42-35-36-43(34-28-20-18-16-14-12-10-8-5-2)41(42,37-38-29-23-21-24-30-38)40(6-3)39-31-25-22-26-32-39/h21-26,29-32,35-36,40H,4-20,27-28,33-34,37H2,1-3H3. The van der Waals surface area contributed by atoms with E-state index in [4.69, 9.17) is 0 Å². The van der Waals surface area contributed by atoms with E-state index in [1.165, 1.54) is 127 Å². The molecule has 0 fully saturated rings. The van der Waals surface area contributed by atoms with Crippen LogP contribution >= 0.6 is 0 Å². The Kier molecular flexibility index (Phi) is 17.6. The lowest BCUT2D eigenvalue weighted by Gasteiger charge is -2.51. The zero-order chi connectivity index (χ0) is 30.4. The van der Waals surface area contributed by atoms with E-state index in [1.807, 2.05) is 0 Å².